The van der Waals surface area contributed by atoms with E-state index in [9.17, 15) is 0 Å². The predicted octanol–water partition coefficient (Wildman–Crippen LogP) is 2.66. The lowest BCUT2D eigenvalue weighted by Gasteiger charge is -1.96. The molecule has 0 saturated heterocycles. The van der Waals surface area contributed by atoms with Crippen LogP contribution in [-0.2, 0) is 6.61 Å². The Bertz CT molecular complexity index is 688. The highest BCUT2D eigenvalue weighted by Crippen LogP contribution is 2.23. The molecule has 0 atom stereocenters. The highest BCUT2D eigenvalue weighted by Gasteiger charge is 2.12. The van der Waals surface area contributed by atoms with Gasteiger partial charge in [0, 0.05) is 10.9 Å². The summed E-state index contributed by atoms with van der Waals surface area (Å²) in [6.07, 6.45) is 0. The number of benzene rings is 1. The van der Waals surface area contributed by atoms with Crippen LogP contribution in [0.25, 0.3) is 23.0 Å². The fraction of sp³-hybridized carbons (Fsp3) is 0.154. The number of rotatable bonds is 3. The lowest BCUT2D eigenvalue weighted by atomic mass is 10.1. The smallest absolute Gasteiger partial charge is 0.277 e. The quantitative estimate of drug-likeness (QED) is 0.794. The number of aromatic nitrogens is 3. The second kappa shape index (κ2) is 4.91. The number of aliphatic hydroxyl groups excluding tert-OH is 1. The zero-order chi connectivity index (χ0) is 13.2. The van der Waals surface area contributed by atoms with Crippen molar-refractivity contribution in [2.75, 3.05) is 0 Å². The van der Waals surface area contributed by atoms with Gasteiger partial charge in [0.25, 0.3) is 5.89 Å². The van der Waals surface area contributed by atoms with Gasteiger partial charge >= 0.3 is 0 Å². The third kappa shape index (κ3) is 2.40. The van der Waals surface area contributed by atoms with Crippen molar-refractivity contribution in [3.63, 3.8) is 0 Å². The van der Waals surface area contributed by atoms with Crippen LogP contribution in [0.3, 0.4) is 0 Å². The maximum atomic E-state index is 9.00. The van der Waals surface area contributed by atoms with Crippen LogP contribution < -0.4 is 0 Å². The third-order valence-corrected chi connectivity index (χ3v) is 3.43. The summed E-state index contributed by atoms with van der Waals surface area (Å²) in [7, 11) is 0. The minimum absolute atomic E-state index is 0.0237. The first-order chi connectivity index (χ1) is 9.26. The van der Waals surface area contributed by atoms with Gasteiger partial charge < -0.3 is 9.63 Å². The van der Waals surface area contributed by atoms with E-state index < -0.39 is 0 Å². The van der Waals surface area contributed by atoms with Crippen molar-refractivity contribution in [2.45, 2.75) is 13.5 Å². The first-order valence-electron chi connectivity index (χ1n) is 5.72. The van der Waals surface area contributed by atoms with E-state index in [2.05, 4.69) is 15.1 Å². The summed E-state index contributed by atoms with van der Waals surface area (Å²) in [5.74, 6) is 0.940. The van der Waals surface area contributed by atoms with Gasteiger partial charge in [-0.3, -0.25) is 0 Å². The molecule has 3 rings (SSSR count). The first-order valence-corrected chi connectivity index (χ1v) is 6.60. The topological polar surface area (TPSA) is 72.0 Å². The Labute approximate surface area is 113 Å². The SMILES string of the molecule is Cc1nc(-c2nc(-c3ccc(CO)cc3)no2)cs1. The number of thiazole rings is 1. The van der Waals surface area contributed by atoms with E-state index in [-0.39, 0.29) is 6.61 Å². The molecule has 96 valence electrons. The van der Waals surface area contributed by atoms with Gasteiger partial charge in [0.15, 0.2) is 0 Å². The van der Waals surface area contributed by atoms with Crippen LogP contribution in [0, 0.1) is 6.92 Å². The summed E-state index contributed by atoms with van der Waals surface area (Å²) < 4.78 is 5.21. The van der Waals surface area contributed by atoms with E-state index in [1.165, 1.54) is 0 Å². The van der Waals surface area contributed by atoms with Crippen LogP contribution in [0.4, 0.5) is 0 Å². The summed E-state index contributed by atoms with van der Waals surface area (Å²) in [5.41, 5.74) is 2.40. The zero-order valence-corrected chi connectivity index (χ0v) is 11.0. The van der Waals surface area contributed by atoms with Gasteiger partial charge in [0.05, 0.1) is 11.6 Å². The van der Waals surface area contributed by atoms with Crippen LogP contribution >= 0.6 is 11.3 Å². The second-order valence-electron chi connectivity index (χ2n) is 4.03. The molecule has 0 spiro atoms. The Kier molecular flexibility index (Phi) is 3.10. The van der Waals surface area contributed by atoms with E-state index in [1.807, 2.05) is 36.6 Å². The minimum atomic E-state index is 0.0237. The van der Waals surface area contributed by atoms with Crippen molar-refractivity contribution in [1.82, 2.24) is 15.1 Å². The average molecular weight is 273 g/mol. The van der Waals surface area contributed by atoms with Crippen molar-refractivity contribution in [3.05, 3.63) is 40.2 Å². The minimum Gasteiger partial charge on any atom is -0.392 e. The van der Waals surface area contributed by atoms with Gasteiger partial charge in [0.1, 0.15) is 5.69 Å². The normalized spacial score (nSPS) is 10.8. The van der Waals surface area contributed by atoms with Crippen molar-refractivity contribution < 1.29 is 9.63 Å². The maximum absolute atomic E-state index is 9.00. The highest BCUT2D eigenvalue weighted by atomic mass is 32.1. The van der Waals surface area contributed by atoms with Gasteiger partial charge in [-0.05, 0) is 12.5 Å². The lowest BCUT2D eigenvalue weighted by molar-refractivity contribution is 0.282. The van der Waals surface area contributed by atoms with Crippen molar-refractivity contribution in [1.29, 1.82) is 0 Å². The van der Waals surface area contributed by atoms with Gasteiger partial charge in [-0.1, -0.05) is 29.4 Å². The second-order valence-corrected chi connectivity index (χ2v) is 5.09. The molecule has 0 fully saturated rings. The third-order valence-electron chi connectivity index (χ3n) is 2.66. The van der Waals surface area contributed by atoms with E-state index in [1.54, 1.807) is 11.3 Å². The van der Waals surface area contributed by atoms with Crippen LogP contribution in [0.2, 0.25) is 0 Å². The molecule has 0 radical (unpaired) electrons. The molecule has 2 aromatic heterocycles. The molecule has 0 amide bonds. The number of hydrogen-bond donors (Lipinski definition) is 1. The molecule has 3 aromatic rings. The number of nitrogens with zero attached hydrogens (tertiary/aromatic N) is 3. The number of hydrogen-bond acceptors (Lipinski definition) is 6. The average Bonchev–Trinajstić information content (AvgIpc) is 3.07. The zero-order valence-electron chi connectivity index (χ0n) is 10.2. The van der Waals surface area contributed by atoms with Crippen molar-refractivity contribution in [3.8, 4) is 23.0 Å². The molecule has 0 bridgehead atoms. The molecule has 5 nitrogen and oxygen atoms in total. The molecule has 0 unspecified atom stereocenters. The molecule has 1 N–H and O–H groups in total. The van der Waals surface area contributed by atoms with Crippen LogP contribution in [0.15, 0.2) is 34.2 Å². The Hall–Kier alpha value is -2.05. The Morgan fingerprint density at radius 2 is 2.00 bits per heavy atom. The maximum Gasteiger partial charge on any atom is 0.277 e. The van der Waals surface area contributed by atoms with Gasteiger partial charge in [-0.15, -0.1) is 11.3 Å². The standard InChI is InChI=1S/C13H11N3O2S/c1-8-14-11(7-19-8)13-15-12(16-18-13)10-4-2-9(6-17)3-5-10/h2-5,7,17H,6H2,1H3. The van der Waals surface area contributed by atoms with Gasteiger partial charge in [0.2, 0.25) is 5.82 Å². The fourth-order valence-corrected chi connectivity index (χ4v) is 2.25. The monoisotopic (exact) mass is 273 g/mol. The summed E-state index contributed by atoms with van der Waals surface area (Å²) in [4.78, 5) is 8.63. The molecule has 0 aliphatic carbocycles. The van der Waals surface area contributed by atoms with Crippen molar-refractivity contribution >= 4 is 11.3 Å². The van der Waals surface area contributed by atoms with Crippen molar-refractivity contribution in [2.24, 2.45) is 0 Å². The van der Waals surface area contributed by atoms with Crippen LogP contribution in [-0.4, -0.2) is 20.2 Å². The first kappa shape index (κ1) is 12.0. The fourth-order valence-electron chi connectivity index (χ4n) is 1.67. The van der Waals surface area contributed by atoms with E-state index in [4.69, 9.17) is 9.63 Å². The summed E-state index contributed by atoms with van der Waals surface area (Å²) >= 11 is 1.54. The molecular weight excluding hydrogens is 262 g/mol. The van der Waals surface area contributed by atoms with Crippen LogP contribution in [0.1, 0.15) is 10.6 Å². The summed E-state index contributed by atoms with van der Waals surface area (Å²) in [6, 6.07) is 7.37. The number of aliphatic hydroxyl groups is 1. The largest absolute Gasteiger partial charge is 0.392 e. The van der Waals surface area contributed by atoms with Gasteiger partial charge in [-0.2, -0.15) is 4.98 Å². The Balaban J connectivity index is 1.91. The summed E-state index contributed by atoms with van der Waals surface area (Å²) in [5, 5.41) is 15.8. The Morgan fingerprint density at radius 1 is 1.21 bits per heavy atom. The van der Waals surface area contributed by atoms with E-state index in [0.717, 1.165) is 16.1 Å². The van der Waals surface area contributed by atoms with E-state index in [0.29, 0.717) is 17.4 Å². The van der Waals surface area contributed by atoms with E-state index >= 15 is 0 Å². The molecular formula is C13H11N3O2S. The molecule has 6 heteroatoms. The molecule has 0 saturated carbocycles. The molecule has 19 heavy (non-hydrogen) atoms. The predicted molar refractivity (Wildman–Crippen MR) is 71.5 cm³/mol. The lowest BCUT2D eigenvalue weighted by Crippen LogP contribution is -1.85. The highest BCUT2D eigenvalue weighted by molar-refractivity contribution is 7.09. The molecule has 0 aliphatic rings. The van der Waals surface area contributed by atoms with Crippen LogP contribution in [0.5, 0.6) is 0 Å². The summed E-state index contributed by atoms with van der Waals surface area (Å²) in [6.45, 7) is 1.95. The molecule has 2 heterocycles. The number of aryl methyl sites for hydroxylation is 1. The Morgan fingerprint density at radius 3 is 2.63 bits per heavy atom. The van der Waals surface area contributed by atoms with Gasteiger partial charge in [-0.25, -0.2) is 4.98 Å². The molecule has 0 aliphatic heterocycles. The molecule has 1 aromatic carbocycles.